The van der Waals surface area contributed by atoms with Gasteiger partial charge in [-0.25, -0.2) is 24.3 Å². The first kappa shape index (κ1) is 38.5. The van der Waals surface area contributed by atoms with E-state index in [1.54, 1.807) is 20.8 Å². The lowest BCUT2D eigenvalue weighted by molar-refractivity contribution is -0.273. The molecule has 2 aromatic rings. The molecule has 2 atom stereocenters. The summed E-state index contributed by atoms with van der Waals surface area (Å²) in [5, 5.41) is 8.58. The lowest BCUT2D eigenvalue weighted by atomic mass is 10.0. The molecule has 46 heavy (non-hydrogen) atoms. The molecule has 0 aliphatic carbocycles. The van der Waals surface area contributed by atoms with E-state index in [-0.39, 0.29) is 18.7 Å². The van der Waals surface area contributed by atoms with Crippen LogP contribution in [-0.4, -0.2) is 82.7 Å². The van der Waals surface area contributed by atoms with E-state index in [0.29, 0.717) is 32.8 Å². The van der Waals surface area contributed by atoms with Gasteiger partial charge in [0.1, 0.15) is 17.7 Å². The van der Waals surface area contributed by atoms with Crippen LogP contribution in [0.4, 0.5) is 10.5 Å². The number of amides is 3. The molecule has 2 unspecified atom stereocenters. The number of rotatable bonds is 21. The first-order valence-corrected chi connectivity index (χ1v) is 15.8. The van der Waals surface area contributed by atoms with Crippen LogP contribution in [0.1, 0.15) is 58.1 Å². The van der Waals surface area contributed by atoms with Gasteiger partial charge < -0.3 is 25.6 Å². The fourth-order valence-electron chi connectivity index (χ4n) is 4.61. The Morgan fingerprint density at radius 2 is 1.33 bits per heavy atom. The van der Waals surface area contributed by atoms with Crippen molar-refractivity contribution in [1.82, 2.24) is 16.0 Å². The number of hydrogen-bond acceptors (Lipinski definition) is 9. The molecule has 0 spiro atoms. The van der Waals surface area contributed by atoms with Gasteiger partial charge in [-0.15, -0.1) is 0 Å². The van der Waals surface area contributed by atoms with E-state index in [0.717, 1.165) is 36.1 Å². The summed E-state index contributed by atoms with van der Waals surface area (Å²) in [5.41, 5.74) is 1.87. The summed E-state index contributed by atoms with van der Waals surface area (Å²) in [6.07, 6.45) is 2.60. The largest absolute Gasteiger partial charge is 0.444 e. The predicted molar refractivity (Wildman–Crippen MR) is 176 cm³/mol. The summed E-state index contributed by atoms with van der Waals surface area (Å²) in [5.74, 6) is -0.776. The molecule has 0 saturated heterocycles. The lowest BCUT2D eigenvalue weighted by Gasteiger charge is -2.26. The Hall–Kier alpha value is -3.71. The highest BCUT2D eigenvalue weighted by molar-refractivity contribution is 5.91. The second kappa shape index (κ2) is 21.2. The number of benzene rings is 2. The standard InChI is InChI=1S/C34H52N4O8/c1-7-8-12-19-35-31(39)29(25-27-15-17-28(18-16-27)38(20-22-44-42-5)21-23-45-43-6)36-32(40)30(24-26-13-10-9-11-14-26)37-33(41)46-34(2,3)4/h9-11,13-18,29-30H,7-8,12,19-25H2,1-6H3,(H,35,39)(H,36,40)(H,37,41). The van der Waals surface area contributed by atoms with Crippen LogP contribution in [0.3, 0.4) is 0 Å². The molecule has 0 fully saturated rings. The minimum absolute atomic E-state index is 0.223. The highest BCUT2D eigenvalue weighted by atomic mass is 17.2. The molecule has 0 aromatic heterocycles. The Labute approximate surface area is 273 Å². The summed E-state index contributed by atoms with van der Waals surface area (Å²) < 4.78 is 5.43. The van der Waals surface area contributed by atoms with Crippen molar-refractivity contribution in [2.75, 3.05) is 52.0 Å². The van der Waals surface area contributed by atoms with Crippen molar-refractivity contribution in [2.45, 2.75) is 77.5 Å². The fraction of sp³-hybridized carbons (Fsp3) is 0.559. The Balaban J connectivity index is 2.25. The maximum Gasteiger partial charge on any atom is 0.408 e. The number of alkyl carbamates (subject to hydrolysis) is 1. The zero-order valence-corrected chi connectivity index (χ0v) is 28.1. The number of carbonyl (C=O) groups excluding carboxylic acids is 3. The van der Waals surface area contributed by atoms with Crippen molar-refractivity contribution < 1.29 is 38.7 Å². The monoisotopic (exact) mass is 644 g/mol. The van der Waals surface area contributed by atoms with Crippen LogP contribution in [0.2, 0.25) is 0 Å². The number of nitrogens with zero attached hydrogens (tertiary/aromatic N) is 1. The number of ether oxygens (including phenoxy) is 1. The van der Waals surface area contributed by atoms with Crippen molar-refractivity contribution in [2.24, 2.45) is 0 Å². The Morgan fingerprint density at radius 3 is 1.87 bits per heavy atom. The van der Waals surface area contributed by atoms with Crippen molar-refractivity contribution in [3.05, 3.63) is 65.7 Å². The van der Waals surface area contributed by atoms with Crippen LogP contribution < -0.4 is 20.9 Å². The van der Waals surface area contributed by atoms with Gasteiger partial charge in [-0.1, -0.05) is 62.2 Å². The van der Waals surface area contributed by atoms with Crippen LogP contribution in [0, 0.1) is 0 Å². The SMILES string of the molecule is CCCCCNC(=O)C(Cc1ccc(N(CCOOC)CCOOC)cc1)NC(=O)C(Cc1ccccc1)NC(=O)OC(C)(C)C. The highest BCUT2D eigenvalue weighted by Gasteiger charge is 2.29. The molecular weight excluding hydrogens is 592 g/mol. The highest BCUT2D eigenvalue weighted by Crippen LogP contribution is 2.17. The zero-order chi connectivity index (χ0) is 33.8. The van der Waals surface area contributed by atoms with Crippen molar-refractivity contribution >= 4 is 23.6 Å². The first-order chi connectivity index (χ1) is 22.1. The molecule has 256 valence electrons. The van der Waals surface area contributed by atoms with Gasteiger partial charge in [0.25, 0.3) is 0 Å². The van der Waals surface area contributed by atoms with Crippen LogP contribution in [0.25, 0.3) is 0 Å². The van der Waals surface area contributed by atoms with Crippen LogP contribution in [0.15, 0.2) is 54.6 Å². The molecule has 2 aromatic carbocycles. The molecule has 12 heteroatoms. The number of unbranched alkanes of at least 4 members (excludes halogenated alkanes) is 2. The van der Waals surface area contributed by atoms with Gasteiger partial charge in [0.15, 0.2) is 0 Å². The quantitative estimate of drug-likeness (QED) is 0.104. The average molecular weight is 645 g/mol. The summed E-state index contributed by atoms with van der Waals surface area (Å²) in [4.78, 5) is 61.4. The van der Waals surface area contributed by atoms with Crippen LogP contribution >= 0.6 is 0 Å². The number of anilines is 1. The summed E-state index contributed by atoms with van der Waals surface area (Å²) in [6.45, 7) is 9.64. The molecule has 0 bridgehead atoms. The summed E-state index contributed by atoms with van der Waals surface area (Å²) in [7, 11) is 2.92. The van der Waals surface area contributed by atoms with Gasteiger partial charge in [-0.3, -0.25) is 9.59 Å². The van der Waals surface area contributed by atoms with Crippen molar-refractivity contribution in [3.63, 3.8) is 0 Å². The normalized spacial score (nSPS) is 12.6. The molecular formula is C34H52N4O8. The van der Waals surface area contributed by atoms with Gasteiger partial charge in [0.2, 0.25) is 11.8 Å². The molecule has 3 N–H and O–H groups in total. The molecule has 0 heterocycles. The van der Waals surface area contributed by atoms with E-state index in [9.17, 15) is 14.4 Å². The topological polar surface area (TPSA) is 137 Å². The smallest absolute Gasteiger partial charge is 0.408 e. The summed E-state index contributed by atoms with van der Waals surface area (Å²) in [6, 6.07) is 15.2. The van der Waals surface area contributed by atoms with Crippen molar-refractivity contribution in [3.8, 4) is 0 Å². The zero-order valence-electron chi connectivity index (χ0n) is 28.1. The van der Waals surface area contributed by atoms with E-state index in [1.807, 2.05) is 54.6 Å². The van der Waals surface area contributed by atoms with Gasteiger partial charge in [0, 0.05) is 38.2 Å². The number of nitrogens with one attached hydrogen (secondary N) is 3. The van der Waals surface area contributed by atoms with Crippen LogP contribution in [0.5, 0.6) is 0 Å². The van der Waals surface area contributed by atoms with E-state index in [1.165, 1.54) is 14.2 Å². The third kappa shape index (κ3) is 15.5. The molecule has 0 radical (unpaired) electrons. The van der Waals surface area contributed by atoms with E-state index in [4.69, 9.17) is 24.3 Å². The molecule has 2 rings (SSSR count). The van der Waals surface area contributed by atoms with Crippen molar-refractivity contribution in [1.29, 1.82) is 0 Å². The summed E-state index contributed by atoms with van der Waals surface area (Å²) >= 11 is 0. The maximum absolute atomic E-state index is 13.7. The van der Waals surface area contributed by atoms with E-state index < -0.39 is 29.7 Å². The van der Waals surface area contributed by atoms with Gasteiger partial charge in [-0.05, 0) is 50.5 Å². The number of hydrogen-bond donors (Lipinski definition) is 3. The average Bonchev–Trinajstić information content (AvgIpc) is 3.02. The minimum Gasteiger partial charge on any atom is -0.444 e. The fourth-order valence-corrected chi connectivity index (χ4v) is 4.61. The minimum atomic E-state index is -0.966. The Morgan fingerprint density at radius 1 is 0.761 bits per heavy atom. The molecule has 0 aliphatic heterocycles. The number of carbonyl (C=O) groups is 3. The van der Waals surface area contributed by atoms with E-state index >= 15 is 0 Å². The molecule has 12 nitrogen and oxygen atoms in total. The van der Waals surface area contributed by atoms with Gasteiger partial charge in [0.05, 0.1) is 27.4 Å². The van der Waals surface area contributed by atoms with Gasteiger partial charge >= 0.3 is 6.09 Å². The molecule has 0 saturated carbocycles. The Bertz CT molecular complexity index is 1150. The lowest BCUT2D eigenvalue weighted by Crippen LogP contribution is -2.55. The molecule has 0 aliphatic rings. The van der Waals surface area contributed by atoms with Gasteiger partial charge in [-0.2, -0.15) is 0 Å². The molecule has 3 amide bonds. The Kier molecular flexibility index (Phi) is 17.7. The maximum atomic E-state index is 13.7. The second-order valence-corrected chi connectivity index (χ2v) is 11.8. The van der Waals surface area contributed by atoms with E-state index in [2.05, 4.69) is 27.8 Å². The second-order valence-electron chi connectivity index (χ2n) is 11.8. The first-order valence-electron chi connectivity index (χ1n) is 15.8. The predicted octanol–water partition coefficient (Wildman–Crippen LogP) is 4.12. The third-order valence-electron chi connectivity index (χ3n) is 6.87. The third-order valence-corrected chi connectivity index (χ3v) is 6.87. The van der Waals surface area contributed by atoms with Crippen LogP contribution in [-0.2, 0) is 46.7 Å².